The first-order chi connectivity index (χ1) is 9.17. The van der Waals surface area contributed by atoms with Crippen LogP contribution in [0.5, 0.6) is 6.01 Å². The Morgan fingerprint density at radius 2 is 1.84 bits per heavy atom. The molecule has 0 bridgehead atoms. The second kappa shape index (κ2) is 8.50. The van der Waals surface area contributed by atoms with Crippen molar-refractivity contribution < 1.29 is 4.74 Å². The van der Waals surface area contributed by atoms with Gasteiger partial charge < -0.3 is 15.0 Å². The molecule has 0 saturated carbocycles. The zero-order valence-corrected chi connectivity index (χ0v) is 12.4. The van der Waals surface area contributed by atoms with Crippen LogP contribution in [0.3, 0.4) is 0 Å². The molecule has 0 unspecified atom stereocenters. The summed E-state index contributed by atoms with van der Waals surface area (Å²) in [6, 6.07) is 0.397. The van der Waals surface area contributed by atoms with Gasteiger partial charge in [0.1, 0.15) is 0 Å². The second-order valence-corrected chi connectivity index (χ2v) is 4.62. The van der Waals surface area contributed by atoms with Crippen molar-refractivity contribution in [2.45, 2.75) is 39.5 Å². The molecular weight excluding hydrogens is 242 g/mol. The lowest BCUT2D eigenvalue weighted by Gasteiger charge is -2.13. The minimum Gasteiger partial charge on any atom is -0.463 e. The van der Waals surface area contributed by atoms with Crippen molar-refractivity contribution in [2.75, 3.05) is 37.5 Å². The Hall–Kier alpha value is -1.59. The zero-order chi connectivity index (χ0) is 14.1. The number of rotatable bonds is 9. The molecule has 6 heteroatoms. The van der Waals surface area contributed by atoms with Crippen LogP contribution in [-0.2, 0) is 0 Å². The van der Waals surface area contributed by atoms with E-state index >= 15 is 0 Å². The molecule has 0 saturated heterocycles. The fourth-order valence-corrected chi connectivity index (χ4v) is 1.44. The van der Waals surface area contributed by atoms with Gasteiger partial charge in [-0.1, -0.05) is 26.7 Å². The van der Waals surface area contributed by atoms with Gasteiger partial charge in [0.15, 0.2) is 0 Å². The predicted octanol–water partition coefficient (Wildman–Crippen LogP) is 2.33. The number of aromatic nitrogens is 3. The van der Waals surface area contributed by atoms with Gasteiger partial charge in [-0.15, -0.1) is 0 Å². The molecule has 0 atom stereocenters. The van der Waals surface area contributed by atoms with Crippen molar-refractivity contribution in [3.05, 3.63) is 0 Å². The van der Waals surface area contributed by atoms with Crippen LogP contribution in [0.4, 0.5) is 11.9 Å². The zero-order valence-electron chi connectivity index (χ0n) is 12.4. The standard InChI is InChI=1S/C13H25N5O/c1-5-7-8-10-19-13-16-11(14-9-6-2)15-12(17-13)18(3)4/h5-10H2,1-4H3,(H,14,15,16,17). The van der Waals surface area contributed by atoms with Crippen molar-refractivity contribution in [1.82, 2.24) is 15.0 Å². The molecule has 0 aromatic carbocycles. The van der Waals surface area contributed by atoms with E-state index < -0.39 is 0 Å². The highest BCUT2D eigenvalue weighted by molar-refractivity contribution is 5.36. The van der Waals surface area contributed by atoms with Gasteiger partial charge in [-0.05, 0) is 12.8 Å². The highest BCUT2D eigenvalue weighted by Crippen LogP contribution is 2.13. The van der Waals surface area contributed by atoms with Crippen molar-refractivity contribution in [1.29, 1.82) is 0 Å². The molecule has 1 heterocycles. The topological polar surface area (TPSA) is 63.2 Å². The van der Waals surface area contributed by atoms with E-state index in [1.54, 1.807) is 0 Å². The summed E-state index contributed by atoms with van der Waals surface area (Å²) in [7, 11) is 3.81. The fraction of sp³-hybridized carbons (Fsp3) is 0.769. The van der Waals surface area contributed by atoms with Gasteiger partial charge in [-0.2, -0.15) is 15.0 Å². The molecule has 19 heavy (non-hydrogen) atoms. The van der Waals surface area contributed by atoms with Gasteiger partial charge in [-0.25, -0.2) is 0 Å². The third-order valence-corrected chi connectivity index (χ3v) is 2.52. The molecule has 0 amide bonds. The van der Waals surface area contributed by atoms with E-state index in [-0.39, 0.29) is 0 Å². The molecule has 0 fully saturated rings. The minimum atomic E-state index is 0.397. The molecule has 1 N–H and O–H groups in total. The molecule has 0 aliphatic rings. The van der Waals surface area contributed by atoms with Crippen molar-refractivity contribution in [3.8, 4) is 6.01 Å². The van der Waals surface area contributed by atoms with Crippen LogP contribution in [0.1, 0.15) is 39.5 Å². The molecule has 0 aliphatic heterocycles. The summed E-state index contributed by atoms with van der Waals surface area (Å²) in [5, 5.41) is 3.16. The minimum absolute atomic E-state index is 0.397. The lowest BCUT2D eigenvalue weighted by Crippen LogP contribution is -2.16. The van der Waals surface area contributed by atoms with Crippen molar-refractivity contribution >= 4 is 11.9 Å². The first kappa shape index (κ1) is 15.5. The number of nitrogens with one attached hydrogen (secondary N) is 1. The number of unbranched alkanes of at least 4 members (excludes halogenated alkanes) is 2. The highest BCUT2D eigenvalue weighted by Gasteiger charge is 2.08. The summed E-state index contributed by atoms with van der Waals surface area (Å²) in [4.78, 5) is 14.7. The number of nitrogens with zero attached hydrogens (tertiary/aromatic N) is 4. The summed E-state index contributed by atoms with van der Waals surface area (Å²) in [5.41, 5.74) is 0. The Morgan fingerprint density at radius 1 is 1.05 bits per heavy atom. The third-order valence-electron chi connectivity index (χ3n) is 2.52. The highest BCUT2D eigenvalue weighted by atomic mass is 16.5. The van der Waals surface area contributed by atoms with Crippen LogP contribution < -0.4 is 15.0 Å². The van der Waals surface area contributed by atoms with E-state index in [2.05, 4.69) is 34.1 Å². The quantitative estimate of drug-likeness (QED) is 0.693. The maximum atomic E-state index is 5.59. The Labute approximate surface area is 115 Å². The molecule has 0 spiro atoms. The largest absolute Gasteiger partial charge is 0.463 e. The van der Waals surface area contributed by atoms with E-state index in [0.29, 0.717) is 24.5 Å². The second-order valence-electron chi connectivity index (χ2n) is 4.62. The summed E-state index contributed by atoms with van der Waals surface area (Å²) in [5.74, 6) is 1.19. The summed E-state index contributed by atoms with van der Waals surface area (Å²) in [6.07, 6.45) is 4.38. The van der Waals surface area contributed by atoms with Crippen LogP contribution in [0, 0.1) is 0 Å². The smallest absolute Gasteiger partial charge is 0.323 e. The molecule has 0 radical (unpaired) electrons. The molecule has 1 aromatic heterocycles. The van der Waals surface area contributed by atoms with Gasteiger partial charge >= 0.3 is 6.01 Å². The Morgan fingerprint density at radius 3 is 2.47 bits per heavy atom. The average molecular weight is 267 g/mol. The first-order valence-electron chi connectivity index (χ1n) is 6.97. The lowest BCUT2D eigenvalue weighted by atomic mass is 10.3. The average Bonchev–Trinajstić information content (AvgIpc) is 2.41. The Bertz CT molecular complexity index is 370. The van der Waals surface area contributed by atoms with E-state index in [1.807, 2.05) is 19.0 Å². The Balaban J connectivity index is 2.69. The van der Waals surface area contributed by atoms with Crippen LogP contribution in [-0.4, -0.2) is 42.2 Å². The SMILES string of the molecule is CCCCCOc1nc(NCCC)nc(N(C)C)n1. The number of hydrogen-bond donors (Lipinski definition) is 1. The van der Waals surface area contributed by atoms with Gasteiger partial charge in [0.2, 0.25) is 11.9 Å². The molecule has 0 aliphatic carbocycles. The maximum absolute atomic E-state index is 5.59. The Kier molecular flexibility index (Phi) is 6.92. The van der Waals surface area contributed by atoms with E-state index in [4.69, 9.17) is 4.74 Å². The van der Waals surface area contributed by atoms with Gasteiger partial charge in [0.05, 0.1) is 6.61 Å². The number of hydrogen-bond acceptors (Lipinski definition) is 6. The third kappa shape index (κ3) is 5.72. The summed E-state index contributed by atoms with van der Waals surface area (Å²) in [6.45, 7) is 5.76. The van der Waals surface area contributed by atoms with Crippen LogP contribution in [0.15, 0.2) is 0 Å². The molecule has 1 aromatic rings. The summed E-state index contributed by atoms with van der Waals surface area (Å²) < 4.78 is 5.59. The van der Waals surface area contributed by atoms with Crippen LogP contribution in [0.2, 0.25) is 0 Å². The first-order valence-corrected chi connectivity index (χ1v) is 6.97. The van der Waals surface area contributed by atoms with Crippen molar-refractivity contribution in [3.63, 3.8) is 0 Å². The lowest BCUT2D eigenvalue weighted by molar-refractivity contribution is 0.282. The molecule has 1 rings (SSSR count). The fourth-order valence-electron chi connectivity index (χ4n) is 1.44. The van der Waals surface area contributed by atoms with E-state index in [1.165, 1.54) is 6.42 Å². The van der Waals surface area contributed by atoms with E-state index in [9.17, 15) is 0 Å². The molecular formula is C13H25N5O. The van der Waals surface area contributed by atoms with E-state index in [0.717, 1.165) is 25.8 Å². The van der Waals surface area contributed by atoms with Gasteiger partial charge in [0.25, 0.3) is 0 Å². The van der Waals surface area contributed by atoms with Gasteiger partial charge in [-0.3, -0.25) is 0 Å². The van der Waals surface area contributed by atoms with Gasteiger partial charge in [0, 0.05) is 20.6 Å². The number of anilines is 2. The van der Waals surface area contributed by atoms with Crippen LogP contribution >= 0.6 is 0 Å². The summed E-state index contributed by atoms with van der Waals surface area (Å²) >= 11 is 0. The normalized spacial score (nSPS) is 10.3. The molecule has 6 nitrogen and oxygen atoms in total. The molecule has 108 valence electrons. The van der Waals surface area contributed by atoms with Crippen LogP contribution in [0.25, 0.3) is 0 Å². The predicted molar refractivity (Wildman–Crippen MR) is 78.0 cm³/mol. The monoisotopic (exact) mass is 267 g/mol. The maximum Gasteiger partial charge on any atom is 0.323 e. The van der Waals surface area contributed by atoms with Crippen molar-refractivity contribution in [2.24, 2.45) is 0 Å². The number of ether oxygens (including phenoxy) is 1.